The number of ether oxygens (including phenoxy) is 1. The van der Waals surface area contributed by atoms with Gasteiger partial charge in [0.15, 0.2) is 0 Å². The third-order valence-electron chi connectivity index (χ3n) is 1.99. The first-order valence-electron chi connectivity index (χ1n) is 4.77. The first kappa shape index (κ1) is 11.6. The Morgan fingerprint density at radius 3 is 2.59 bits per heavy atom. The minimum Gasteiger partial charge on any atom is -0.439 e. The maximum absolute atomic E-state index is 11.1. The lowest BCUT2D eigenvalue weighted by atomic mass is 10.3. The summed E-state index contributed by atoms with van der Waals surface area (Å²) in [5, 5.41) is 5.02. The standard InChI is InChI=1S/C11H10N2O3S/c12-17(14,15)10-5-3-4-9(8-10)16-11-6-1-2-7-13-11/h1-8H,(H2,12,14,15). The molecule has 0 aliphatic rings. The zero-order chi connectivity index (χ0) is 12.3. The molecule has 2 N–H and O–H groups in total. The van der Waals surface area contributed by atoms with E-state index in [2.05, 4.69) is 4.98 Å². The Hall–Kier alpha value is -1.92. The van der Waals surface area contributed by atoms with Gasteiger partial charge in [-0.25, -0.2) is 18.5 Å². The number of nitrogens with two attached hydrogens (primary N) is 1. The van der Waals surface area contributed by atoms with Crippen molar-refractivity contribution in [2.24, 2.45) is 5.14 Å². The number of primary sulfonamides is 1. The fraction of sp³-hybridized carbons (Fsp3) is 0. The Bertz CT molecular complexity index is 612. The number of sulfonamides is 1. The van der Waals surface area contributed by atoms with Crippen LogP contribution in [0, 0.1) is 0 Å². The summed E-state index contributed by atoms with van der Waals surface area (Å²) < 4.78 is 27.7. The maximum Gasteiger partial charge on any atom is 0.238 e. The van der Waals surface area contributed by atoms with Gasteiger partial charge in [-0.05, 0) is 18.2 Å². The number of pyridine rings is 1. The summed E-state index contributed by atoms with van der Waals surface area (Å²) in [6, 6.07) is 11.1. The summed E-state index contributed by atoms with van der Waals surface area (Å²) in [6.07, 6.45) is 1.58. The molecule has 0 aliphatic heterocycles. The highest BCUT2D eigenvalue weighted by atomic mass is 32.2. The van der Waals surface area contributed by atoms with Gasteiger partial charge in [-0.15, -0.1) is 0 Å². The average molecular weight is 250 g/mol. The molecule has 0 fully saturated rings. The third-order valence-corrected chi connectivity index (χ3v) is 2.91. The molecule has 6 heteroatoms. The molecular formula is C11H10N2O3S. The number of hydrogen-bond acceptors (Lipinski definition) is 4. The topological polar surface area (TPSA) is 82.3 Å². The predicted octanol–water partition coefficient (Wildman–Crippen LogP) is 1.52. The molecule has 0 spiro atoms. The Balaban J connectivity index is 2.29. The number of rotatable bonds is 3. The second-order valence-electron chi connectivity index (χ2n) is 3.29. The Morgan fingerprint density at radius 1 is 1.12 bits per heavy atom. The molecule has 0 amide bonds. The summed E-state index contributed by atoms with van der Waals surface area (Å²) >= 11 is 0. The fourth-order valence-electron chi connectivity index (χ4n) is 1.24. The van der Waals surface area contributed by atoms with Crippen LogP contribution in [0.15, 0.2) is 53.6 Å². The van der Waals surface area contributed by atoms with Gasteiger partial charge in [0.1, 0.15) is 5.75 Å². The van der Waals surface area contributed by atoms with Crippen LogP contribution < -0.4 is 9.88 Å². The molecule has 88 valence electrons. The van der Waals surface area contributed by atoms with Gasteiger partial charge >= 0.3 is 0 Å². The van der Waals surface area contributed by atoms with Crippen molar-refractivity contribution in [1.29, 1.82) is 0 Å². The average Bonchev–Trinajstić information content (AvgIpc) is 2.29. The van der Waals surface area contributed by atoms with Gasteiger partial charge in [0.05, 0.1) is 4.90 Å². The van der Waals surface area contributed by atoms with Crippen molar-refractivity contribution in [2.75, 3.05) is 0 Å². The highest BCUT2D eigenvalue weighted by Crippen LogP contribution is 2.21. The normalized spacial score (nSPS) is 11.1. The molecule has 0 atom stereocenters. The molecule has 1 aromatic carbocycles. The van der Waals surface area contributed by atoms with E-state index in [1.54, 1.807) is 36.5 Å². The molecule has 0 saturated carbocycles. The van der Waals surface area contributed by atoms with Crippen LogP contribution in [-0.2, 0) is 10.0 Å². The Labute approximate surface area is 98.9 Å². The van der Waals surface area contributed by atoms with Crippen LogP contribution in [-0.4, -0.2) is 13.4 Å². The predicted molar refractivity (Wildman–Crippen MR) is 62.1 cm³/mol. The van der Waals surface area contributed by atoms with Gasteiger partial charge in [0.2, 0.25) is 15.9 Å². The van der Waals surface area contributed by atoms with Crippen molar-refractivity contribution < 1.29 is 13.2 Å². The lowest BCUT2D eigenvalue weighted by Gasteiger charge is -2.05. The van der Waals surface area contributed by atoms with E-state index < -0.39 is 10.0 Å². The molecule has 2 aromatic rings. The van der Waals surface area contributed by atoms with Crippen LogP contribution in [0.5, 0.6) is 11.6 Å². The molecule has 0 bridgehead atoms. The lowest BCUT2D eigenvalue weighted by Crippen LogP contribution is -2.11. The van der Waals surface area contributed by atoms with E-state index in [0.29, 0.717) is 11.6 Å². The quantitative estimate of drug-likeness (QED) is 0.895. The zero-order valence-corrected chi connectivity index (χ0v) is 9.59. The van der Waals surface area contributed by atoms with E-state index in [4.69, 9.17) is 9.88 Å². The van der Waals surface area contributed by atoms with E-state index in [9.17, 15) is 8.42 Å². The summed E-state index contributed by atoms with van der Waals surface area (Å²) in [7, 11) is -3.72. The van der Waals surface area contributed by atoms with Gasteiger partial charge in [-0.1, -0.05) is 12.1 Å². The second-order valence-corrected chi connectivity index (χ2v) is 4.85. The first-order chi connectivity index (χ1) is 8.05. The van der Waals surface area contributed by atoms with Crippen LogP contribution in [0.1, 0.15) is 0 Å². The fourth-order valence-corrected chi connectivity index (χ4v) is 1.79. The van der Waals surface area contributed by atoms with Crippen LogP contribution in [0.25, 0.3) is 0 Å². The third kappa shape index (κ3) is 3.02. The highest BCUT2D eigenvalue weighted by molar-refractivity contribution is 7.89. The van der Waals surface area contributed by atoms with Crippen molar-refractivity contribution in [3.05, 3.63) is 48.7 Å². The van der Waals surface area contributed by atoms with Crippen molar-refractivity contribution in [1.82, 2.24) is 4.98 Å². The zero-order valence-electron chi connectivity index (χ0n) is 8.78. The minimum atomic E-state index is -3.72. The monoisotopic (exact) mass is 250 g/mol. The molecule has 0 radical (unpaired) electrons. The lowest BCUT2D eigenvalue weighted by molar-refractivity contribution is 0.461. The van der Waals surface area contributed by atoms with E-state index in [1.807, 2.05) is 0 Å². The van der Waals surface area contributed by atoms with Crippen LogP contribution in [0.2, 0.25) is 0 Å². The molecule has 5 nitrogen and oxygen atoms in total. The maximum atomic E-state index is 11.1. The van der Waals surface area contributed by atoms with E-state index in [0.717, 1.165) is 0 Å². The van der Waals surface area contributed by atoms with Crippen molar-refractivity contribution >= 4 is 10.0 Å². The molecule has 0 aliphatic carbocycles. The number of nitrogens with zero attached hydrogens (tertiary/aromatic N) is 1. The van der Waals surface area contributed by atoms with Gasteiger partial charge in [0.25, 0.3) is 0 Å². The summed E-state index contributed by atoms with van der Waals surface area (Å²) in [4.78, 5) is 3.97. The van der Waals surface area contributed by atoms with E-state index in [1.165, 1.54) is 12.1 Å². The summed E-state index contributed by atoms with van der Waals surface area (Å²) in [6.45, 7) is 0. The van der Waals surface area contributed by atoms with Gasteiger partial charge in [0, 0.05) is 18.3 Å². The molecule has 2 rings (SSSR count). The molecule has 1 aromatic heterocycles. The highest BCUT2D eigenvalue weighted by Gasteiger charge is 2.08. The largest absolute Gasteiger partial charge is 0.439 e. The molecule has 0 saturated heterocycles. The van der Waals surface area contributed by atoms with Crippen LogP contribution in [0.3, 0.4) is 0 Å². The smallest absolute Gasteiger partial charge is 0.238 e. The number of aromatic nitrogens is 1. The van der Waals surface area contributed by atoms with Crippen molar-refractivity contribution in [3.63, 3.8) is 0 Å². The van der Waals surface area contributed by atoms with Gasteiger partial charge in [-0.2, -0.15) is 0 Å². The minimum absolute atomic E-state index is 0.00549. The van der Waals surface area contributed by atoms with E-state index >= 15 is 0 Å². The van der Waals surface area contributed by atoms with Crippen molar-refractivity contribution in [3.8, 4) is 11.6 Å². The molecule has 0 unspecified atom stereocenters. The second kappa shape index (κ2) is 4.52. The summed E-state index contributed by atoms with van der Waals surface area (Å²) in [5.74, 6) is 0.759. The Kier molecular flexibility index (Phi) is 3.08. The number of hydrogen-bond donors (Lipinski definition) is 1. The van der Waals surface area contributed by atoms with E-state index in [-0.39, 0.29) is 4.90 Å². The summed E-state index contributed by atoms with van der Waals surface area (Å²) in [5.41, 5.74) is 0. The molecule has 1 heterocycles. The van der Waals surface area contributed by atoms with Crippen LogP contribution >= 0.6 is 0 Å². The van der Waals surface area contributed by atoms with Gasteiger partial charge < -0.3 is 4.74 Å². The van der Waals surface area contributed by atoms with Gasteiger partial charge in [-0.3, -0.25) is 0 Å². The Morgan fingerprint density at radius 2 is 1.94 bits per heavy atom. The SMILES string of the molecule is NS(=O)(=O)c1cccc(Oc2ccccn2)c1. The van der Waals surface area contributed by atoms with Crippen LogP contribution in [0.4, 0.5) is 0 Å². The van der Waals surface area contributed by atoms with Crippen molar-refractivity contribution in [2.45, 2.75) is 4.90 Å². The molecular weight excluding hydrogens is 240 g/mol. The first-order valence-corrected chi connectivity index (χ1v) is 6.32. The number of benzene rings is 1. The molecule has 17 heavy (non-hydrogen) atoms.